The van der Waals surface area contributed by atoms with Gasteiger partial charge in [0.05, 0.1) is 17.5 Å². The minimum Gasteiger partial charge on any atom is -0.338 e. The highest BCUT2D eigenvalue weighted by Crippen LogP contribution is 2.30. The zero-order valence-corrected chi connectivity index (χ0v) is 19.5. The summed E-state index contributed by atoms with van der Waals surface area (Å²) in [5.41, 5.74) is 3.79. The number of halogens is 1. The van der Waals surface area contributed by atoms with E-state index in [-0.39, 0.29) is 23.5 Å². The molecule has 1 amide bonds. The van der Waals surface area contributed by atoms with Crippen molar-refractivity contribution in [1.82, 2.24) is 24.6 Å². The van der Waals surface area contributed by atoms with Crippen LogP contribution in [0.5, 0.6) is 0 Å². The summed E-state index contributed by atoms with van der Waals surface area (Å²) in [6.07, 6.45) is 3.43. The third-order valence-corrected chi connectivity index (χ3v) is 6.49. The maximum Gasteiger partial charge on any atom is 0.233 e. The van der Waals surface area contributed by atoms with Gasteiger partial charge in [-0.3, -0.25) is 14.3 Å². The summed E-state index contributed by atoms with van der Waals surface area (Å²) in [5.74, 6) is 0.537. The fraction of sp³-hybridized carbons (Fsp3) is 0.200. The van der Waals surface area contributed by atoms with Gasteiger partial charge in [0.15, 0.2) is 11.0 Å². The standard InChI is InChI=1S/C25H24FN5OS/c1-17-6-4-5-7-22(17)31-24(20-12-14-27-15-13-20)28-29-25(31)33-16-23(32)30(3)18(2)19-8-10-21(26)11-9-19/h4-15,18H,16H2,1-3H3. The van der Waals surface area contributed by atoms with E-state index in [0.29, 0.717) is 11.0 Å². The fourth-order valence-electron chi connectivity index (χ4n) is 3.49. The molecule has 0 aliphatic carbocycles. The third-order valence-electron chi connectivity index (χ3n) is 5.58. The Labute approximate surface area is 196 Å². The van der Waals surface area contributed by atoms with Crippen molar-refractivity contribution < 1.29 is 9.18 Å². The van der Waals surface area contributed by atoms with Gasteiger partial charge in [-0.05, 0) is 55.3 Å². The number of aromatic nitrogens is 4. The third kappa shape index (κ3) is 4.96. The van der Waals surface area contributed by atoms with Crippen LogP contribution in [0.3, 0.4) is 0 Å². The Balaban J connectivity index is 1.58. The molecule has 0 fully saturated rings. The first-order chi connectivity index (χ1) is 16.0. The molecule has 0 aliphatic heterocycles. The van der Waals surface area contributed by atoms with Crippen LogP contribution in [0.2, 0.25) is 0 Å². The van der Waals surface area contributed by atoms with Crippen molar-refractivity contribution in [1.29, 1.82) is 0 Å². The SMILES string of the molecule is Cc1ccccc1-n1c(SCC(=O)N(C)C(C)c2ccc(F)cc2)nnc1-c1ccncc1. The minimum atomic E-state index is -0.295. The topological polar surface area (TPSA) is 63.9 Å². The average molecular weight is 462 g/mol. The largest absolute Gasteiger partial charge is 0.338 e. The van der Waals surface area contributed by atoms with E-state index >= 15 is 0 Å². The van der Waals surface area contributed by atoms with E-state index in [1.807, 2.05) is 54.8 Å². The summed E-state index contributed by atoms with van der Waals surface area (Å²) in [5, 5.41) is 9.45. The molecule has 4 aromatic rings. The van der Waals surface area contributed by atoms with Crippen molar-refractivity contribution in [3.8, 4) is 17.1 Å². The first-order valence-corrected chi connectivity index (χ1v) is 11.5. The summed E-state index contributed by atoms with van der Waals surface area (Å²) in [4.78, 5) is 18.7. The number of hydrogen-bond acceptors (Lipinski definition) is 5. The number of para-hydroxylation sites is 1. The quantitative estimate of drug-likeness (QED) is 0.359. The first kappa shape index (κ1) is 22.7. The van der Waals surface area contributed by atoms with Crippen LogP contribution in [0.25, 0.3) is 17.1 Å². The van der Waals surface area contributed by atoms with E-state index in [9.17, 15) is 9.18 Å². The molecule has 0 N–H and O–H groups in total. The summed E-state index contributed by atoms with van der Waals surface area (Å²) >= 11 is 1.34. The number of carbonyl (C=O) groups excluding carboxylic acids is 1. The predicted molar refractivity (Wildman–Crippen MR) is 128 cm³/mol. The number of benzene rings is 2. The normalized spacial score (nSPS) is 11.9. The monoisotopic (exact) mass is 461 g/mol. The van der Waals surface area contributed by atoms with Gasteiger partial charge in [-0.15, -0.1) is 10.2 Å². The molecule has 4 rings (SSSR count). The highest BCUT2D eigenvalue weighted by atomic mass is 32.2. The molecule has 0 saturated heterocycles. The highest BCUT2D eigenvalue weighted by molar-refractivity contribution is 7.99. The molecule has 0 spiro atoms. The van der Waals surface area contributed by atoms with Crippen molar-refractivity contribution in [3.63, 3.8) is 0 Å². The van der Waals surface area contributed by atoms with Gasteiger partial charge in [-0.25, -0.2) is 4.39 Å². The molecule has 0 bridgehead atoms. The van der Waals surface area contributed by atoms with Gasteiger partial charge in [0.2, 0.25) is 5.91 Å². The van der Waals surface area contributed by atoms with Crippen molar-refractivity contribution in [3.05, 3.63) is 90.0 Å². The van der Waals surface area contributed by atoms with Gasteiger partial charge in [0, 0.05) is 25.0 Å². The van der Waals surface area contributed by atoms with Crippen LogP contribution in [-0.2, 0) is 4.79 Å². The molecular formula is C25H24FN5OS. The lowest BCUT2D eigenvalue weighted by Crippen LogP contribution is -2.31. The van der Waals surface area contributed by atoms with Gasteiger partial charge in [0.25, 0.3) is 0 Å². The second kappa shape index (κ2) is 9.95. The Morgan fingerprint density at radius 3 is 2.45 bits per heavy atom. The van der Waals surface area contributed by atoms with Crippen LogP contribution in [-0.4, -0.2) is 43.4 Å². The molecule has 2 heterocycles. The molecule has 33 heavy (non-hydrogen) atoms. The number of rotatable bonds is 7. The highest BCUT2D eigenvalue weighted by Gasteiger charge is 2.21. The maximum atomic E-state index is 13.2. The number of aryl methyl sites for hydroxylation is 1. The van der Waals surface area contributed by atoms with E-state index in [1.165, 1.54) is 23.9 Å². The van der Waals surface area contributed by atoms with E-state index in [4.69, 9.17) is 0 Å². The molecule has 168 valence electrons. The van der Waals surface area contributed by atoms with Gasteiger partial charge in [-0.1, -0.05) is 42.1 Å². The molecule has 0 saturated carbocycles. The van der Waals surface area contributed by atoms with Gasteiger partial charge >= 0.3 is 0 Å². The summed E-state index contributed by atoms with van der Waals surface area (Å²) in [7, 11) is 1.76. The fourth-order valence-corrected chi connectivity index (χ4v) is 4.36. The Morgan fingerprint density at radius 2 is 1.76 bits per heavy atom. The molecule has 0 aliphatic rings. The number of nitrogens with zero attached hydrogens (tertiary/aromatic N) is 5. The van der Waals surface area contributed by atoms with Gasteiger partial charge in [0.1, 0.15) is 5.82 Å². The number of thioether (sulfide) groups is 1. The average Bonchev–Trinajstić information content (AvgIpc) is 3.26. The Hall–Kier alpha value is -3.52. The van der Waals surface area contributed by atoms with Crippen LogP contribution >= 0.6 is 11.8 Å². The molecular weight excluding hydrogens is 437 g/mol. The summed E-state index contributed by atoms with van der Waals surface area (Å²) < 4.78 is 15.2. The van der Waals surface area contributed by atoms with E-state index in [1.54, 1.807) is 36.5 Å². The molecule has 2 aromatic heterocycles. The van der Waals surface area contributed by atoms with Crippen LogP contribution in [0.15, 0.2) is 78.2 Å². The Morgan fingerprint density at radius 1 is 1.06 bits per heavy atom. The van der Waals surface area contributed by atoms with E-state index < -0.39 is 0 Å². The van der Waals surface area contributed by atoms with Crippen LogP contribution in [0.4, 0.5) is 4.39 Å². The van der Waals surface area contributed by atoms with Crippen LogP contribution < -0.4 is 0 Å². The lowest BCUT2D eigenvalue weighted by Gasteiger charge is -2.25. The van der Waals surface area contributed by atoms with Crippen molar-refractivity contribution >= 4 is 17.7 Å². The zero-order valence-electron chi connectivity index (χ0n) is 18.6. The number of hydrogen-bond donors (Lipinski definition) is 0. The lowest BCUT2D eigenvalue weighted by atomic mass is 10.1. The van der Waals surface area contributed by atoms with Crippen LogP contribution in [0, 0.1) is 12.7 Å². The zero-order chi connectivity index (χ0) is 23.4. The molecule has 6 nitrogen and oxygen atoms in total. The smallest absolute Gasteiger partial charge is 0.233 e. The Bertz CT molecular complexity index is 1240. The molecule has 0 radical (unpaired) electrons. The van der Waals surface area contributed by atoms with E-state index in [2.05, 4.69) is 15.2 Å². The summed E-state index contributed by atoms with van der Waals surface area (Å²) in [6.45, 7) is 3.95. The molecule has 1 atom stereocenters. The maximum absolute atomic E-state index is 13.2. The van der Waals surface area contributed by atoms with E-state index in [0.717, 1.165) is 22.4 Å². The van der Waals surface area contributed by atoms with Gasteiger partial charge < -0.3 is 4.90 Å². The predicted octanol–water partition coefficient (Wildman–Crippen LogP) is 5.09. The lowest BCUT2D eigenvalue weighted by molar-refractivity contribution is -0.128. The first-order valence-electron chi connectivity index (χ1n) is 10.5. The molecule has 1 unspecified atom stereocenters. The van der Waals surface area contributed by atoms with Crippen molar-refractivity contribution in [2.75, 3.05) is 12.8 Å². The minimum absolute atomic E-state index is 0.0541. The second-order valence-corrected chi connectivity index (χ2v) is 8.63. The molecule has 8 heteroatoms. The second-order valence-electron chi connectivity index (χ2n) is 7.68. The number of carbonyl (C=O) groups is 1. The van der Waals surface area contributed by atoms with Gasteiger partial charge in [-0.2, -0.15) is 0 Å². The number of amides is 1. The molecule has 2 aromatic carbocycles. The van der Waals surface area contributed by atoms with Crippen molar-refractivity contribution in [2.45, 2.75) is 25.0 Å². The van der Waals surface area contributed by atoms with Crippen molar-refractivity contribution in [2.24, 2.45) is 0 Å². The van der Waals surface area contributed by atoms with Crippen LogP contribution in [0.1, 0.15) is 24.1 Å². The number of pyridine rings is 1. The Kier molecular flexibility index (Phi) is 6.84. The summed E-state index contributed by atoms with van der Waals surface area (Å²) in [6, 6.07) is 17.8.